The lowest BCUT2D eigenvalue weighted by Crippen LogP contribution is -2.49. The van der Waals surface area contributed by atoms with Crippen molar-refractivity contribution < 1.29 is 29.4 Å². The summed E-state index contributed by atoms with van der Waals surface area (Å²) >= 11 is 2.09. The monoisotopic (exact) mass is 592 g/mol. The highest BCUT2D eigenvalue weighted by molar-refractivity contribution is 14.1. The fourth-order valence-corrected chi connectivity index (χ4v) is 5.25. The number of carbonyl (C=O) groups is 4. The summed E-state index contributed by atoms with van der Waals surface area (Å²) in [7, 11) is 0. The third-order valence-corrected chi connectivity index (χ3v) is 8.34. The molecule has 0 aromatic heterocycles. The zero-order chi connectivity index (χ0) is 26.0. The zero-order valence-corrected chi connectivity index (χ0v) is 22.0. The number of hydrogen-bond donors (Lipinski definition) is 4. The molecule has 3 rings (SSSR count). The second-order valence-electron chi connectivity index (χ2n) is 9.68. The number of nitrogens with one attached hydrogen (secondary N) is 2. The van der Waals surface area contributed by atoms with Crippen LogP contribution in [0.4, 0.5) is 5.69 Å². The van der Waals surface area contributed by atoms with Crippen LogP contribution in [0.2, 0.25) is 0 Å². The molecule has 0 bridgehead atoms. The summed E-state index contributed by atoms with van der Waals surface area (Å²) in [4.78, 5) is 49.2. The molecule has 0 spiro atoms. The Labute approximate surface area is 217 Å². The van der Waals surface area contributed by atoms with Crippen molar-refractivity contribution in [1.29, 1.82) is 0 Å². The van der Waals surface area contributed by atoms with Crippen LogP contribution in [0.3, 0.4) is 0 Å². The number of halogens is 1. The van der Waals surface area contributed by atoms with Crippen molar-refractivity contribution in [1.82, 2.24) is 5.32 Å². The number of rotatable bonds is 8. The smallest absolute Gasteiger partial charge is 0.326 e. The molecule has 8 nitrogen and oxygen atoms in total. The van der Waals surface area contributed by atoms with E-state index in [4.69, 9.17) is 0 Å². The summed E-state index contributed by atoms with van der Waals surface area (Å²) in [6, 6.07) is 12.8. The number of amides is 2. The van der Waals surface area contributed by atoms with Gasteiger partial charge >= 0.3 is 11.9 Å². The Morgan fingerprint density at radius 2 is 1.66 bits per heavy atom. The van der Waals surface area contributed by atoms with E-state index in [0.29, 0.717) is 29.7 Å². The van der Waals surface area contributed by atoms with Crippen LogP contribution in [-0.4, -0.2) is 40.0 Å². The number of carboxylic acid groups (broad SMARTS) is 2. The van der Waals surface area contributed by atoms with Crippen LogP contribution in [0.1, 0.15) is 49.5 Å². The maximum absolute atomic E-state index is 13.0. The minimum Gasteiger partial charge on any atom is -0.481 e. The first-order valence-electron chi connectivity index (χ1n) is 11.3. The van der Waals surface area contributed by atoms with Crippen LogP contribution in [0, 0.1) is 20.3 Å². The average Bonchev–Trinajstić information content (AvgIpc) is 3.04. The predicted molar refractivity (Wildman–Crippen MR) is 139 cm³/mol. The fraction of sp³-hybridized carbons (Fsp3) is 0.385. The molecule has 2 amide bonds. The molecule has 9 heteroatoms. The number of carbonyl (C=O) groups excluding carboxylic acids is 2. The van der Waals surface area contributed by atoms with Crippen molar-refractivity contribution in [2.75, 3.05) is 5.32 Å². The number of benzene rings is 2. The van der Waals surface area contributed by atoms with Crippen LogP contribution in [0.25, 0.3) is 0 Å². The Balaban J connectivity index is 1.66. The van der Waals surface area contributed by atoms with Crippen molar-refractivity contribution >= 4 is 52.0 Å². The van der Waals surface area contributed by atoms with Crippen molar-refractivity contribution in [2.45, 2.75) is 46.1 Å². The quantitative estimate of drug-likeness (QED) is 0.340. The summed E-state index contributed by atoms with van der Waals surface area (Å²) in [5, 5.41) is 24.8. The molecule has 0 aliphatic heterocycles. The molecule has 4 N–H and O–H groups in total. The Morgan fingerprint density at radius 1 is 1.03 bits per heavy atom. The van der Waals surface area contributed by atoms with Gasteiger partial charge in [-0.05, 0) is 77.6 Å². The predicted octanol–water partition coefficient (Wildman–Crippen LogP) is 4.18. The van der Waals surface area contributed by atoms with Crippen LogP contribution < -0.4 is 10.6 Å². The van der Waals surface area contributed by atoms with Gasteiger partial charge in [-0.25, -0.2) is 4.79 Å². The van der Waals surface area contributed by atoms with Crippen molar-refractivity contribution in [3.8, 4) is 0 Å². The lowest BCUT2D eigenvalue weighted by atomic mass is 9.65. The minimum atomic E-state index is -1.17. The summed E-state index contributed by atoms with van der Waals surface area (Å²) < 4.78 is 0.827. The molecule has 2 aromatic rings. The topological polar surface area (TPSA) is 133 Å². The van der Waals surface area contributed by atoms with Gasteiger partial charge in [-0.1, -0.05) is 38.1 Å². The fourth-order valence-electron chi connectivity index (χ4n) is 4.62. The number of anilines is 1. The van der Waals surface area contributed by atoms with E-state index in [1.165, 1.54) is 0 Å². The van der Waals surface area contributed by atoms with Crippen molar-refractivity contribution in [3.63, 3.8) is 0 Å². The maximum atomic E-state index is 13.0. The Hall–Kier alpha value is -2.95. The summed E-state index contributed by atoms with van der Waals surface area (Å²) in [6.45, 7) is 5.13. The highest BCUT2D eigenvalue weighted by Crippen LogP contribution is 2.56. The molecule has 0 saturated heterocycles. The van der Waals surface area contributed by atoms with Gasteiger partial charge < -0.3 is 20.8 Å². The molecular weight excluding hydrogens is 563 g/mol. The summed E-state index contributed by atoms with van der Waals surface area (Å²) in [5.74, 6) is -3.43. The van der Waals surface area contributed by atoms with E-state index < -0.39 is 40.6 Å². The molecule has 1 saturated carbocycles. The standard InChI is InChI=1S/C26H29IN2O6/c1-25(2)18(12-13-26(25,3)24(34)35)22(31)29-20(23(32)33)14-15-8-10-16(11-9-15)28-21(30)17-6-4-5-7-19(17)27/h4-11,18,20H,12-14H2,1-3H3,(H,28,30)(H,29,31)(H,32,33)(H,34,35)/t18?,20-,26?/m0/s1. The number of carboxylic acids is 2. The molecule has 0 radical (unpaired) electrons. The lowest BCUT2D eigenvalue weighted by molar-refractivity contribution is -0.155. The molecule has 2 aromatic carbocycles. The van der Waals surface area contributed by atoms with Gasteiger partial charge in [-0.3, -0.25) is 14.4 Å². The lowest BCUT2D eigenvalue weighted by Gasteiger charge is -2.38. The van der Waals surface area contributed by atoms with Gasteiger partial charge in [0, 0.05) is 21.6 Å². The van der Waals surface area contributed by atoms with E-state index in [1.807, 2.05) is 12.1 Å². The van der Waals surface area contributed by atoms with Gasteiger partial charge in [-0.15, -0.1) is 0 Å². The van der Waals surface area contributed by atoms with Gasteiger partial charge in [0.2, 0.25) is 5.91 Å². The Kier molecular flexibility index (Phi) is 7.88. The Morgan fingerprint density at radius 3 is 2.20 bits per heavy atom. The normalized spacial score (nSPS) is 21.7. The zero-order valence-electron chi connectivity index (χ0n) is 19.8. The number of aliphatic carboxylic acids is 2. The number of hydrogen-bond acceptors (Lipinski definition) is 4. The van der Waals surface area contributed by atoms with E-state index in [0.717, 1.165) is 3.57 Å². The molecule has 35 heavy (non-hydrogen) atoms. The maximum Gasteiger partial charge on any atom is 0.326 e. The largest absolute Gasteiger partial charge is 0.481 e. The first kappa shape index (κ1) is 26.7. The molecule has 1 fully saturated rings. The van der Waals surface area contributed by atoms with Crippen molar-refractivity contribution in [2.24, 2.45) is 16.7 Å². The van der Waals surface area contributed by atoms with Crippen molar-refractivity contribution in [3.05, 3.63) is 63.2 Å². The molecule has 1 aliphatic carbocycles. The Bertz CT molecular complexity index is 1150. The van der Waals surface area contributed by atoms with E-state index >= 15 is 0 Å². The second kappa shape index (κ2) is 10.3. The first-order valence-corrected chi connectivity index (χ1v) is 12.4. The van der Waals surface area contributed by atoms with E-state index in [1.54, 1.807) is 57.2 Å². The van der Waals surface area contributed by atoms with Gasteiger partial charge in [0.25, 0.3) is 5.91 Å². The van der Waals surface area contributed by atoms with Gasteiger partial charge in [0.15, 0.2) is 0 Å². The van der Waals surface area contributed by atoms with Gasteiger partial charge in [0.05, 0.1) is 11.0 Å². The molecular formula is C26H29IN2O6. The molecule has 3 atom stereocenters. The molecule has 2 unspecified atom stereocenters. The first-order chi connectivity index (χ1) is 16.4. The highest BCUT2D eigenvalue weighted by Gasteiger charge is 2.58. The van der Waals surface area contributed by atoms with Crippen LogP contribution in [-0.2, 0) is 20.8 Å². The highest BCUT2D eigenvalue weighted by atomic mass is 127. The second-order valence-corrected chi connectivity index (χ2v) is 10.8. The molecule has 0 heterocycles. The third kappa shape index (κ3) is 5.50. The van der Waals surface area contributed by atoms with Crippen LogP contribution in [0.5, 0.6) is 0 Å². The molecule has 186 valence electrons. The average molecular weight is 592 g/mol. The summed E-state index contributed by atoms with van der Waals surface area (Å²) in [5.41, 5.74) is -0.102. The van der Waals surface area contributed by atoms with Gasteiger partial charge in [-0.2, -0.15) is 0 Å². The minimum absolute atomic E-state index is 0.0508. The van der Waals surface area contributed by atoms with E-state index in [2.05, 4.69) is 33.2 Å². The van der Waals surface area contributed by atoms with E-state index in [9.17, 15) is 29.4 Å². The van der Waals surface area contributed by atoms with Crippen LogP contribution >= 0.6 is 22.6 Å². The molecule has 1 aliphatic rings. The van der Waals surface area contributed by atoms with Crippen LogP contribution in [0.15, 0.2) is 48.5 Å². The summed E-state index contributed by atoms with van der Waals surface area (Å²) in [6.07, 6.45) is 0.776. The van der Waals surface area contributed by atoms with Gasteiger partial charge in [0.1, 0.15) is 6.04 Å². The van der Waals surface area contributed by atoms with E-state index in [-0.39, 0.29) is 12.3 Å². The SMILES string of the molecule is CC1(C(=O)O)CCC(C(=O)N[C@@H](Cc2ccc(NC(=O)c3ccccc3I)cc2)C(=O)O)C1(C)C. The third-order valence-electron chi connectivity index (χ3n) is 7.40.